The third-order valence-electron chi connectivity index (χ3n) is 3.77. The quantitative estimate of drug-likeness (QED) is 0.686. The second-order valence-corrected chi connectivity index (χ2v) is 6.50. The lowest BCUT2D eigenvalue weighted by molar-refractivity contribution is -0.140. The van der Waals surface area contributed by atoms with Crippen LogP contribution in [0.3, 0.4) is 0 Å². The summed E-state index contributed by atoms with van der Waals surface area (Å²) in [6.07, 6.45) is 0. The first-order valence-corrected chi connectivity index (χ1v) is 7.93. The molecule has 1 atom stereocenters. The van der Waals surface area contributed by atoms with Gasteiger partial charge in [0.2, 0.25) is 0 Å². The van der Waals surface area contributed by atoms with Crippen LogP contribution in [0.15, 0.2) is 25.8 Å². The molecule has 7 heteroatoms. The molecule has 1 heterocycles. The van der Waals surface area contributed by atoms with E-state index < -0.39 is 17.6 Å². The Morgan fingerprint density at radius 3 is 2.61 bits per heavy atom. The maximum atomic E-state index is 11.9. The molecule has 0 aliphatic rings. The lowest BCUT2D eigenvalue weighted by Crippen LogP contribution is -2.40. The summed E-state index contributed by atoms with van der Waals surface area (Å²) in [6.45, 7) is 5.42. The fraction of sp³-hybridized carbons (Fsp3) is 0.375. The van der Waals surface area contributed by atoms with Gasteiger partial charge in [-0.1, -0.05) is 13.8 Å². The Bertz CT molecular complexity index is 812. The van der Waals surface area contributed by atoms with Gasteiger partial charge in [-0.15, -0.1) is 0 Å². The molecule has 1 aromatic heterocycles. The summed E-state index contributed by atoms with van der Waals surface area (Å²) in [7, 11) is 0. The molecule has 3 N–H and O–H groups in total. The van der Waals surface area contributed by atoms with Gasteiger partial charge < -0.3 is 14.6 Å². The first-order valence-electron chi connectivity index (χ1n) is 7.14. The molecule has 0 unspecified atom stereocenters. The van der Waals surface area contributed by atoms with Gasteiger partial charge in [0.25, 0.3) is 0 Å². The van der Waals surface area contributed by atoms with E-state index >= 15 is 0 Å². The number of benzene rings is 1. The number of carboxylic acid groups (broad SMARTS) is 1. The smallest absolute Gasteiger partial charge is 0.350 e. The van der Waals surface area contributed by atoms with Crippen LogP contribution in [0, 0.1) is 12.8 Å². The van der Waals surface area contributed by atoms with Crippen LogP contribution in [-0.4, -0.2) is 22.2 Å². The number of aryl methyl sites for hydroxylation is 1. The second-order valence-electron chi connectivity index (χ2n) is 5.71. The Morgan fingerprint density at radius 1 is 1.39 bits per heavy atom. The number of carbonyl (C=O) groups is 1. The van der Waals surface area contributed by atoms with Gasteiger partial charge >= 0.3 is 11.6 Å². The fourth-order valence-corrected chi connectivity index (χ4v) is 2.72. The van der Waals surface area contributed by atoms with Gasteiger partial charge in [-0.2, -0.15) is 0 Å². The molecule has 0 radical (unpaired) electrons. The first kappa shape index (κ1) is 17.5. The summed E-state index contributed by atoms with van der Waals surface area (Å²) < 4.78 is 5.62. The van der Waals surface area contributed by atoms with Crippen LogP contribution in [0.25, 0.3) is 11.0 Å². The highest BCUT2D eigenvalue weighted by molar-refractivity contribution is 9.10. The maximum Gasteiger partial charge on any atom is 0.350 e. The van der Waals surface area contributed by atoms with Crippen molar-refractivity contribution < 1.29 is 19.4 Å². The number of aliphatic carboxylic acids is 1. The van der Waals surface area contributed by atoms with Crippen LogP contribution in [0.2, 0.25) is 0 Å². The molecule has 0 saturated carbocycles. The van der Waals surface area contributed by atoms with Crippen LogP contribution >= 0.6 is 15.9 Å². The number of aromatic hydroxyl groups is 1. The van der Waals surface area contributed by atoms with E-state index in [0.29, 0.717) is 21.0 Å². The van der Waals surface area contributed by atoms with Gasteiger partial charge in [-0.25, -0.2) is 4.79 Å². The van der Waals surface area contributed by atoms with E-state index in [1.165, 1.54) is 6.07 Å². The van der Waals surface area contributed by atoms with Gasteiger partial charge in [0.1, 0.15) is 21.8 Å². The number of hydrogen-bond donors (Lipinski definition) is 3. The Hall–Kier alpha value is -1.86. The van der Waals surface area contributed by atoms with Crippen LogP contribution in [0.4, 0.5) is 0 Å². The molecule has 0 saturated heterocycles. The fourth-order valence-electron chi connectivity index (χ4n) is 2.43. The average Bonchev–Trinajstić information content (AvgIpc) is 2.46. The van der Waals surface area contributed by atoms with Crippen molar-refractivity contribution >= 4 is 32.9 Å². The van der Waals surface area contributed by atoms with E-state index in [4.69, 9.17) is 4.42 Å². The number of halogens is 1. The summed E-state index contributed by atoms with van der Waals surface area (Å²) in [5.41, 5.74) is 0.787. The molecule has 0 aliphatic carbocycles. The van der Waals surface area contributed by atoms with Crippen LogP contribution in [0.5, 0.6) is 5.75 Å². The average molecular weight is 384 g/mol. The Balaban J connectivity index is 2.50. The molecule has 0 bridgehead atoms. The minimum absolute atomic E-state index is 0.0530. The predicted octanol–water partition coefficient (Wildman–Crippen LogP) is 2.77. The lowest BCUT2D eigenvalue weighted by Gasteiger charge is -2.19. The predicted molar refractivity (Wildman–Crippen MR) is 89.7 cm³/mol. The van der Waals surface area contributed by atoms with Gasteiger partial charge in [0.05, 0.1) is 5.56 Å². The number of phenols is 1. The highest BCUT2D eigenvalue weighted by Gasteiger charge is 2.22. The Morgan fingerprint density at radius 2 is 2.04 bits per heavy atom. The molecule has 2 rings (SSSR count). The summed E-state index contributed by atoms with van der Waals surface area (Å²) >= 11 is 3.18. The summed E-state index contributed by atoms with van der Waals surface area (Å²) in [4.78, 5) is 23.1. The van der Waals surface area contributed by atoms with E-state index in [1.807, 2.05) is 0 Å². The van der Waals surface area contributed by atoms with Crippen molar-refractivity contribution in [2.45, 2.75) is 33.4 Å². The molecule has 0 amide bonds. The van der Waals surface area contributed by atoms with Gasteiger partial charge in [-0.3, -0.25) is 10.1 Å². The van der Waals surface area contributed by atoms with E-state index in [0.717, 1.165) is 0 Å². The molecular weight excluding hydrogens is 366 g/mol. The molecule has 2 aromatic rings. The van der Waals surface area contributed by atoms with E-state index in [-0.39, 0.29) is 23.8 Å². The monoisotopic (exact) mass is 383 g/mol. The number of hydrogen-bond acceptors (Lipinski definition) is 5. The highest BCUT2D eigenvalue weighted by Crippen LogP contribution is 2.30. The van der Waals surface area contributed by atoms with Crippen LogP contribution in [0.1, 0.15) is 25.0 Å². The van der Waals surface area contributed by atoms with Crippen molar-refractivity contribution in [3.63, 3.8) is 0 Å². The van der Waals surface area contributed by atoms with Crippen molar-refractivity contribution in [2.24, 2.45) is 5.92 Å². The number of carboxylic acids is 1. The number of rotatable bonds is 5. The summed E-state index contributed by atoms with van der Waals surface area (Å²) in [5.74, 6) is -1.16. The zero-order valence-corrected chi connectivity index (χ0v) is 14.6. The number of nitrogens with one attached hydrogen (secondary N) is 1. The molecule has 0 fully saturated rings. The Labute approximate surface area is 141 Å². The van der Waals surface area contributed by atoms with Gasteiger partial charge in [0.15, 0.2) is 0 Å². The zero-order chi connectivity index (χ0) is 17.3. The van der Waals surface area contributed by atoms with Crippen LogP contribution < -0.4 is 10.9 Å². The summed E-state index contributed by atoms with van der Waals surface area (Å²) in [5, 5.41) is 22.9. The molecular formula is C16H18BrNO5. The van der Waals surface area contributed by atoms with E-state index in [9.17, 15) is 19.8 Å². The Kier molecular flexibility index (Phi) is 5.11. The molecule has 0 spiro atoms. The maximum absolute atomic E-state index is 11.9. The van der Waals surface area contributed by atoms with E-state index in [1.54, 1.807) is 26.8 Å². The summed E-state index contributed by atoms with van der Waals surface area (Å²) in [6, 6.07) is 2.39. The van der Waals surface area contributed by atoms with Crippen LogP contribution in [-0.2, 0) is 11.3 Å². The largest absolute Gasteiger partial charge is 0.507 e. The van der Waals surface area contributed by atoms with Crippen molar-refractivity contribution in [1.29, 1.82) is 0 Å². The number of fused-ring (bicyclic) bond motifs is 1. The standard InChI is InChI=1S/C16H18BrNO5/c1-7(2)13(15(20)21)18-6-10-11(19)5-4-9-8(3)12(17)16(22)23-14(9)10/h4-5,7,13,18-19H,6H2,1-3H3,(H,20,21)/t13-/m0/s1. The van der Waals surface area contributed by atoms with Crippen molar-refractivity contribution in [3.8, 4) is 5.75 Å². The van der Waals surface area contributed by atoms with Gasteiger partial charge in [0, 0.05) is 11.9 Å². The minimum Gasteiger partial charge on any atom is -0.507 e. The van der Waals surface area contributed by atoms with E-state index in [2.05, 4.69) is 21.2 Å². The molecule has 124 valence electrons. The lowest BCUT2D eigenvalue weighted by atomic mass is 10.0. The normalized spacial score (nSPS) is 12.7. The SMILES string of the molecule is Cc1c(Br)c(=O)oc2c(CN[C@H](C(=O)O)C(C)C)c(O)ccc12. The van der Waals surface area contributed by atoms with Crippen molar-refractivity contribution in [1.82, 2.24) is 5.32 Å². The highest BCUT2D eigenvalue weighted by atomic mass is 79.9. The third-order valence-corrected chi connectivity index (χ3v) is 4.69. The topological polar surface area (TPSA) is 99.8 Å². The van der Waals surface area contributed by atoms with Crippen molar-refractivity contribution in [2.75, 3.05) is 0 Å². The molecule has 6 nitrogen and oxygen atoms in total. The third kappa shape index (κ3) is 3.40. The van der Waals surface area contributed by atoms with Gasteiger partial charge in [-0.05, 0) is 46.5 Å². The number of phenolic OH excluding ortho intramolecular Hbond substituents is 1. The first-order chi connectivity index (χ1) is 10.7. The molecule has 23 heavy (non-hydrogen) atoms. The zero-order valence-electron chi connectivity index (χ0n) is 13.0. The molecule has 0 aliphatic heterocycles. The second kappa shape index (κ2) is 6.72. The molecule has 1 aromatic carbocycles. The van der Waals surface area contributed by atoms with Crippen molar-refractivity contribution in [3.05, 3.63) is 38.2 Å². The minimum atomic E-state index is -0.972.